The van der Waals surface area contributed by atoms with Crippen LogP contribution in [0.5, 0.6) is 0 Å². The first kappa shape index (κ1) is 21.1. The lowest BCUT2D eigenvalue weighted by Crippen LogP contribution is -2.53. The minimum Gasteiger partial charge on any atom is -0.444 e. The molecule has 1 aromatic rings. The van der Waals surface area contributed by atoms with Crippen LogP contribution in [0.25, 0.3) is 0 Å². The highest BCUT2D eigenvalue weighted by molar-refractivity contribution is 6.61. The van der Waals surface area contributed by atoms with Crippen LogP contribution in [0.1, 0.15) is 67.3 Å². The van der Waals surface area contributed by atoms with E-state index in [4.69, 9.17) is 14.0 Å². The van der Waals surface area contributed by atoms with Gasteiger partial charge < -0.3 is 18.9 Å². The van der Waals surface area contributed by atoms with Gasteiger partial charge in [0, 0.05) is 25.9 Å². The fraction of sp³-hybridized carbons (Fsp3) is 0.750. The topological polar surface area (TPSA) is 64.8 Å². The van der Waals surface area contributed by atoms with Crippen molar-refractivity contribution in [3.63, 3.8) is 0 Å². The summed E-state index contributed by atoms with van der Waals surface area (Å²) < 4.78 is 19.8. The van der Waals surface area contributed by atoms with E-state index in [2.05, 4.69) is 32.8 Å². The van der Waals surface area contributed by atoms with Crippen LogP contribution in [0.3, 0.4) is 0 Å². The zero-order valence-corrected chi connectivity index (χ0v) is 18.2. The van der Waals surface area contributed by atoms with Crippen molar-refractivity contribution >= 4 is 18.7 Å². The monoisotopic (exact) mass is 390 g/mol. The quantitative estimate of drug-likeness (QED) is 0.573. The summed E-state index contributed by atoms with van der Waals surface area (Å²) in [7, 11) is -0.402. The summed E-state index contributed by atoms with van der Waals surface area (Å²) in [5.41, 5.74) is -0.251. The summed E-state index contributed by atoms with van der Waals surface area (Å²) in [6.07, 6.45) is 5.24. The largest absolute Gasteiger partial charge is 0.501 e. The predicted molar refractivity (Wildman–Crippen MR) is 106 cm³/mol. The van der Waals surface area contributed by atoms with Gasteiger partial charge in [-0.2, -0.15) is 0 Å². The number of hydrogen-bond donors (Lipinski definition) is 0. The Bertz CT molecular complexity index is 708. The third-order valence-electron chi connectivity index (χ3n) is 5.76. The summed E-state index contributed by atoms with van der Waals surface area (Å²) >= 11 is 0. The Morgan fingerprint density at radius 3 is 2.32 bits per heavy atom. The number of carbonyl (C=O) groups excluding carboxylic acids is 1. The third kappa shape index (κ3) is 4.49. The molecule has 2 aliphatic rings. The highest BCUT2D eigenvalue weighted by Crippen LogP contribution is 2.36. The summed E-state index contributed by atoms with van der Waals surface area (Å²) in [5.74, 6) is 0. The molecule has 0 aromatic carbocycles. The van der Waals surface area contributed by atoms with E-state index in [-0.39, 0.29) is 23.3 Å². The van der Waals surface area contributed by atoms with Gasteiger partial charge >= 0.3 is 13.2 Å². The Balaban J connectivity index is 1.64. The summed E-state index contributed by atoms with van der Waals surface area (Å²) in [6.45, 7) is 15.2. The van der Waals surface area contributed by atoms with Gasteiger partial charge in [-0.3, -0.25) is 0 Å². The Hall–Kier alpha value is -1.67. The molecular formula is C20H33BN3O4+. The first-order valence-corrected chi connectivity index (χ1v) is 10.1. The summed E-state index contributed by atoms with van der Waals surface area (Å²) in [5, 5.41) is 4.51. The van der Waals surface area contributed by atoms with Gasteiger partial charge in [-0.15, -0.1) is 0 Å². The second kappa shape index (κ2) is 7.30. The zero-order valence-electron chi connectivity index (χ0n) is 18.2. The number of carbonyl (C=O) groups is 1. The molecule has 0 N–H and O–H groups in total. The van der Waals surface area contributed by atoms with Crippen molar-refractivity contribution in [2.24, 2.45) is 0 Å². The average Bonchev–Trinajstić information content (AvgIpc) is 2.81. The lowest BCUT2D eigenvalue weighted by atomic mass is 9.80. The van der Waals surface area contributed by atoms with E-state index < -0.39 is 12.7 Å². The first-order valence-electron chi connectivity index (χ1n) is 10.1. The van der Waals surface area contributed by atoms with Gasteiger partial charge in [0.2, 0.25) is 0 Å². The van der Waals surface area contributed by atoms with E-state index in [1.54, 1.807) is 11.1 Å². The molecule has 28 heavy (non-hydrogen) atoms. The smallest absolute Gasteiger partial charge is 0.444 e. The van der Waals surface area contributed by atoms with Crippen LogP contribution in [0.2, 0.25) is 0 Å². The van der Waals surface area contributed by atoms with E-state index >= 15 is 0 Å². The molecule has 8 heteroatoms. The minimum atomic E-state index is -0.471. The highest BCUT2D eigenvalue weighted by Gasteiger charge is 2.52. The Kier molecular flexibility index (Phi) is 5.49. The molecule has 0 atom stereocenters. The molecule has 1 aromatic heterocycles. The van der Waals surface area contributed by atoms with Crippen LogP contribution >= 0.6 is 0 Å². The van der Waals surface area contributed by atoms with Gasteiger partial charge in [0.15, 0.2) is 12.2 Å². The molecular weight excluding hydrogens is 357 g/mol. The van der Waals surface area contributed by atoms with Crippen molar-refractivity contribution in [2.75, 3.05) is 13.1 Å². The van der Waals surface area contributed by atoms with Crippen LogP contribution in [-0.4, -0.2) is 53.1 Å². The van der Waals surface area contributed by atoms with E-state index in [0.29, 0.717) is 13.1 Å². The highest BCUT2D eigenvalue weighted by atomic mass is 16.7. The van der Waals surface area contributed by atoms with Crippen molar-refractivity contribution in [1.82, 2.24) is 10.00 Å². The lowest BCUT2D eigenvalue weighted by Gasteiger charge is -2.32. The second-order valence-corrected chi connectivity index (χ2v) is 9.73. The van der Waals surface area contributed by atoms with Gasteiger partial charge in [0.05, 0.1) is 22.9 Å². The molecule has 0 radical (unpaired) electrons. The second-order valence-electron chi connectivity index (χ2n) is 9.73. The van der Waals surface area contributed by atoms with E-state index in [1.165, 1.54) is 0 Å². The van der Waals surface area contributed by atoms with Crippen LogP contribution in [0, 0.1) is 0 Å². The molecule has 7 nitrogen and oxygen atoms in total. The molecule has 0 saturated carbocycles. The van der Waals surface area contributed by atoms with Crippen LogP contribution in [-0.2, 0) is 14.0 Å². The van der Waals surface area contributed by atoms with Crippen LogP contribution in [0.4, 0.5) is 4.79 Å². The molecule has 2 fully saturated rings. The zero-order chi connectivity index (χ0) is 20.7. The number of nitrogens with zero attached hydrogens (tertiary/aromatic N) is 3. The summed E-state index contributed by atoms with van der Waals surface area (Å²) in [4.78, 5) is 14.0. The number of aromatic nitrogens is 2. The van der Waals surface area contributed by atoms with Crippen molar-refractivity contribution in [1.29, 1.82) is 0 Å². The number of rotatable bonds is 2. The summed E-state index contributed by atoms with van der Waals surface area (Å²) in [6, 6.07) is 2.18. The molecule has 2 saturated heterocycles. The minimum absolute atomic E-state index is 0.237. The molecule has 0 aliphatic carbocycles. The van der Waals surface area contributed by atoms with Crippen molar-refractivity contribution < 1.29 is 23.5 Å². The molecule has 3 heterocycles. The predicted octanol–water partition coefficient (Wildman–Crippen LogP) is 2.24. The van der Waals surface area contributed by atoms with Gasteiger partial charge in [0.1, 0.15) is 5.60 Å². The van der Waals surface area contributed by atoms with Crippen LogP contribution in [0.15, 0.2) is 18.5 Å². The molecule has 0 unspecified atom stereocenters. The fourth-order valence-corrected chi connectivity index (χ4v) is 3.38. The number of likely N-dealkylation sites (tertiary alicyclic amines) is 1. The maximum atomic E-state index is 12.3. The number of amides is 1. The molecule has 0 bridgehead atoms. The molecule has 154 valence electrons. The molecule has 0 spiro atoms. The third-order valence-corrected chi connectivity index (χ3v) is 5.76. The molecule has 1 amide bonds. The SMILES string of the molecule is CC(C)(C)OC(=O)N1CCC([n+]2cc(B3OC(C)(C)C(C)(C)O3)ccn2)CC1. The Labute approximate surface area is 168 Å². The Morgan fingerprint density at radius 1 is 1.21 bits per heavy atom. The van der Waals surface area contributed by atoms with Crippen molar-refractivity contribution in [3.8, 4) is 0 Å². The fourth-order valence-electron chi connectivity index (χ4n) is 3.38. The molecule has 3 rings (SSSR count). The molecule has 2 aliphatic heterocycles. The van der Waals surface area contributed by atoms with E-state index in [9.17, 15) is 4.79 Å². The van der Waals surface area contributed by atoms with Crippen molar-refractivity contribution in [3.05, 3.63) is 18.5 Å². The standard InChI is InChI=1S/C20H33BN3O4/c1-18(2,3)26-17(25)23-12-9-16(10-13-23)24-14-15(8-11-22-24)21-27-19(4,5)20(6,7)28-21/h8,11,14,16H,9-10,12-13H2,1-7H3/q+1. The van der Waals surface area contributed by atoms with E-state index in [1.807, 2.05) is 37.7 Å². The van der Waals surface area contributed by atoms with Gasteiger partial charge in [-0.25, -0.2) is 4.79 Å². The number of hydrogen-bond acceptors (Lipinski definition) is 5. The van der Waals surface area contributed by atoms with Crippen LogP contribution < -0.4 is 10.1 Å². The van der Waals surface area contributed by atoms with Gasteiger partial charge in [-0.05, 0) is 59.6 Å². The Morgan fingerprint density at radius 2 is 1.79 bits per heavy atom. The maximum Gasteiger partial charge on any atom is 0.501 e. The van der Waals surface area contributed by atoms with E-state index in [0.717, 1.165) is 18.3 Å². The number of ether oxygens (including phenoxy) is 1. The number of piperidine rings is 1. The normalized spacial score (nSPS) is 22.4. The van der Waals surface area contributed by atoms with Gasteiger partial charge in [0.25, 0.3) is 0 Å². The average molecular weight is 390 g/mol. The lowest BCUT2D eigenvalue weighted by molar-refractivity contribution is -0.778. The van der Waals surface area contributed by atoms with Crippen molar-refractivity contribution in [2.45, 2.75) is 84.2 Å². The van der Waals surface area contributed by atoms with Gasteiger partial charge in [-0.1, -0.05) is 4.68 Å². The maximum absolute atomic E-state index is 12.3. The first-order chi connectivity index (χ1) is 12.9.